The topological polar surface area (TPSA) is 100 Å². The van der Waals surface area contributed by atoms with Crippen LogP contribution in [0.3, 0.4) is 0 Å². The summed E-state index contributed by atoms with van der Waals surface area (Å²) in [5.41, 5.74) is 8.84. The lowest BCUT2D eigenvalue weighted by atomic mass is 10.1. The summed E-state index contributed by atoms with van der Waals surface area (Å²) in [7, 11) is 4.20. The van der Waals surface area contributed by atoms with Crippen molar-refractivity contribution in [1.29, 1.82) is 0 Å². The minimum absolute atomic E-state index is 0.0654. The molecular weight excluding hydrogens is 494 g/mol. The molecule has 198 valence electrons. The van der Waals surface area contributed by atoms with E-state index in [4.69, 9.17) is 10.7 Å². The van der Waals surface area contributed by atoms with Gasteiger partial charge >= 0.3 is 0 Å². The minimum atomic E-state index is -0.245. The van der Waals surface area contributed by atoms with Gasteiger partial charge < -0.3 is 20.9 Å². The Kier molecular flexibility index (Phi) is 7.58. The van der Waals surface area contributed by atoms with Gasteiger partial charge in [0, 0.05) is 41.2 Å². The lowest BCUT2D eigenvalue weighted by molar-refractivity contribution is -0.118. The van der Waals surface area contributed by atoms with Crippen LogP contribution in [0.4, 0.5) is 11.6 Å². The van der Waals surface area contributed by atoms with Crippen LogP contribution < -0.4 is 16.0 Å². The average molecular weight is 530 g/mol. The van der Waals surface area contributed by atoms with Gasteiger partial charge in [0.1, 0.15) is 17.5 Å². The molecular formula is C29H35N7OS. The van der Waals surface area contributed by atoms with E-state index in [0.717, 1.165) is 48.6 Å². The van der Waals surface area contributed by atoms with Crippen molar-refractivity contribution < 1.29 is 4.79 Å². The summed E-state index contributed by atoms with van der Waals surface area (Å²) in [5.74, 6) is 2.41. The number of thiophene rings is 1. The molecule has 2 unspecified atom stereocenters. The normalized spacial score (nSPS) is 16.3. The van der Waals surface area contributed by atoms with Crippen molar-refractivity contribution in [2.75, 3.05) is 37.4 Å². The van der Waals surface area contributed by atoms with E-state index >= 15 is 0 Å². The number of carbonyl (C=O) groups is 1. The molecule has 1 fully saturated rings. The summed E-state index contributed by atoms with van der Waals surface area (Å²) in [6.45, 7) is 6.61. The zero-order valence-electron chi connectivity index (χ0n) is 22.4. The summed E-state index contributed by atoms with van der Waals surface area (Å²) in [4.78, 5) is 32.4. The van der Waals surface area contributed by atoms with Crippen LogP contribution in [0, 0.1) is 12.8 Å². The van der Waals surface area contributed by atoms with E-state index in [1.807, 2.05) is 24.5 Å². The zero-order valence-corrected chi connectivity index (χ0v) is 23.3. The van der Waals surface area contributed by atoms with Crippen LogP contribution in [0.1, 0.15) is 42.1 Å². The van der Waals surface area contributed by atoms with E-state index in [1.54, 1.807) is 0 Å². The first-order valence-corrected chi connectivity index (χ1v) is 13.9. The quantitative estimate of drug-likeness (QED) is 0.315. The number of hydrogen-bond acceptors (Lipinski definition) is 8. The predicted octanol–water partition coefficient (Wildman–Crippen LogP) is 5.00. The van der Waals surface area contributed by atoms with Crippen molar-refractivity contribution in [3.8, 4) is 10.4 Å². The van der Waals surface area contributed by atoms with Gasteiger partial charge in [0.25, 0.3) is 0 Å². The first-order valence-electron chi connectivity index (χ1n) is 13.0. The number of aryl methyl sites for hydroxylation is 1. The van der Waals surface area contributed by atoms with Gasteiger partial charge in [-0.3, -0.25) is 4.79 Å². The van der Waals surface area contributed by atoms with Gasteiger partial charge in [-0.25, -0.2) is 15.0 Å². The van der Waals surface area contributed by atoms with E-state index in [0.29, 0.717) is 12.2 Å². The molecule has 9 heteroatoms. The van der Waals surface area contributed by atoms with Gasteiger partial charge in [-0.15, -0.1) is 11.3 Å². The van der Waals surface area contributed by atoms with Crippen LogP contribution in [-0.4, -0.2) is 52.9 Å². The largest absolute Gasteiger partial charge is 0.370 e. The van der Waals surface area contributed by atoms with Gasteiger partial charge in [-0.2, -0.15) is 0 Å². The Balaban J connectivity index is 1.39. The number of hydrogen-bond donors (Lipinski definition) is 2. The van der Waals surface area contributed by atoms with Crippen LogP contribution in [0.15, 0.2) is 48.7 Å². The minimum Gasteiger partial charge on any atom is -0.370 e. The fourth-order valence-electron chi connectivity index (χ4n) is 5.16. The number of benzene rings is 1. The Hall–Kier alpha value is -3.56. The monoisotopic (exact) mass is 529 g/mol. The predicted molar refractivity (Wildman–Crippen MR) is 155 cm³/mol. The van der Waals surface area contributed by atoms with E-state index < -0.39 is 0 Å². The number of nitrogens with zero attached hydrogens (tertiary/aromatic N) is 5. The fourth-order valence-corrected chi connectivity index (χ4v) is 6.23. The molecule has 1 aliphatic rings. The second-order valence-corrected chi connectivity index (χ2v) is 11.5. The van der Waals surface area contributed by atoms with E-state index in [2.05, 4.69) is 88.6 Å². The van der Waals surface area contributed by atoms with Crippen molar-refractivity contribution >= 4 is 39.8 Å². The zero-order chi connectivity index (χ0) is 26.8. The first-order chi connectivity index (χ1) is 18.3. The Morgan fingerprint density at radius 2 is 2.05 bits per heavy atom. The Morgan fingerprint density at radius 1 is 1.24 bits per heavy atom. The third-order valence-corrected chi connectivity index (χ3v) is 8.26. The average Bonchev–Trinajstić information content (AvgIpc) is 3.54. The molecule has 5 rings (SSSR count). The molecule has 0 spiro atoms. The lowest BCUT2D eigenvalue weighted by Gasteiger charge is -2.19. The number of rotatable bonds is 9. The van der Waals surface area contributed by atoms with E-state index in [1.165, 1.54) is 20.9 Å². The molecule has 2 atom stereocenters. The summed E-state index contributed by atoms with van der Waals surface area (Å²) in [6.07, 6.45) is 3.17. The maximum atomic E-state index is 11.4. The number of primary amides is 1. The highest BCUT2D eigenvalue weighted by Gasteiger charge is 2.25. The maximum absolute atomic E-state index is 11.4. The number of amides is 1. The van der Waals surface area contributed by atoms with Crippen molar-refractivity contribution in [2.24, 2.45) is 11.7 Å². The van der Waals surface area contributed by atoms with Gasteiger partial charge in [0.15, 0.2) is 0 Å². The Morgan fingerprint density at radius 3 is 2.84 bits per heavy atom. The maximum Gasteiger partial charge on any atom is 0.217 e. The summed E-state index contributed by atoms with van der Waals surface area (Å²) < 4.78 is 0. The van der Waals surface area contributed by atoms with Gasteiger partial charge in [0.05, 0.1) is 17.8 Å². The molecule has 4 aromatic rings. The Bertz CT molecular complexity index is 1450. The number of anilines is 2. The number of nitrogens with one attached hydrogen (secondary N) is 1. The third-order valence-electron chi connectivity index (χ3n) is 6.96. The number of nitrogens with two attached hydrogens (primary N) is 1. The van der Waals surface area contributed by atoms with Crippen molar-refractivity contribution in [1.82, 2.24) is 19.9 Å². The number of aromatic nitrogens is 3. The molecule has 8 nitrogen and oxygen atoms in total. The molecule has 3 N–H and O–H groups in total. The van der Waals surface area contributed by atoms with Crippen LogP contribution in [0.5, 0.6) is 0 Å². The molecule has 1 saturated heterocycles. The highest BCUT2D eigenvalue weighted by Crippen LogP contribution is 2.36. The van der Waals surface area contributed by atoms with Crippen LogP contribution in [0.25, 0.3) is 21.3 Å². The number of carbonyl (C=O) groups excluding carboxylic acids is 1. The van der Waals surface area contributed by atoms with E-state index in [9.17, 15) is 4.79 Å². The Labute approximate surface area is 227 Å². The second kappa shape index (κ2) is 11.0. The standard InChI is InChI=1S/C29H35N7OS/c1-18(25-9-10-26(38-25)22-8-6-5-7-21(22)17-35(3)4)32-29-23-14-28(31-15-24(23)33-19(2)34-29)36-12-11-20(16-36)13-27(30)37/h5-10,14-15,18,20H,11-13,16-17H2,1-4H3,(H2,30,37)(H,32,33,34). The summed E-state index contributed by atoms with van der Waals surface area (Å²) >= 11 is 1.81. The van der Waals surface area contributed by atoms with Gasteiger partial charge in [-0.1, -0.05) is 24.3 Å². The first kappa shape index (κ1) is 26.1. The second-order valence-electron chi connectivity index (χ2n) is 10.4. The van der Waals surface area contributed by atoms with Crippen molar-refractivity contribution in [3.05, 3.63) is 64.9 Å². The van der Waals surface area contributed by atoms with Gasteiger partial charge in [-0.05, 0) is 69.6 Å². The molecule has 38 heavy (non-hydrogen) atoms. The van der Waals surface area contributed by atoms with Crippen LogP contribution in [0.2, 0.25) is 0 Å². The van der Waals surface area contributed by atoms with Crippen LogP contribution in [-0.2, 0) is 11.3 Å². The van der Waals surface area contributed by atoms with Crippen molar-refractivity contribution in [3.63, 3.8) is 0 Å². The molecule has 0 bridgehead atoms. The number of fused-ring (bicyclic) bond motifs is 1. The molecule has 4 heterocycles. The third kappa shape index (κ3) is 5.79. The number of pyridine rings is 1. The SMILES string of the molecule is Cc1nc(NC(C)c2ccc(-c3ccccc3CN(C)C)s2)c2cc(N3CCC(CC(N)=O)C3)ncc2n1. The summed E-state index contributed by atoms with van der Waals surface area (Å²) in [6, 6.07) is 15.2. The highest BCUT2D eigenvalue weighted by atomic mass is 32.1. The smallest absolute Gasteiger partial charge is 0.217 e. The molecule has 0 aliphatic carbocycles. The van der Waals surface area contributed by atoms with Crippen molar-refractivity contribution in [2.45, 2.75) is 39.3 Å². The molecule has 3 aromatic heterocycles. The van der Waals surface area contributed by atoms with E-state index in [-0.39, 0.29) is 17.9 Å². The summed E-state index contributed by atoms with van der Waals surface area (Å²) in [5, 5.41) is 4.59. The fraction of sp³-hybridized carbons (Fsp3) is 0.379. The molecule has 1 aromatic carbocycles. The highest BCUT2D eigenvalue weighted by molar-refractivity contribution is 7.15. The molecule has 0 radical (unpaired) electrons. The lowest BCUT2D eigenvalue weighted by Crippen LogP contribution is -2.23. The molecule has 0 saturated carbocycles. The molecule has 1 amide bonds. The molecule has 1 aliphatic heterocycles. The van der Waals surface area contributed by atoms with Crippen LogP contribution >= 0.6 is 11.3 Å². The van der Waals surface area contributed by atoms with Gasteiger partial charge in [0.2, 0.25) is 5.91 Å².